The number of para-hydroxylation sites is 1. The molecule has 2 heterocycles. The maximum atomic E-state index is 7.32. The van der Waals surface area contributed by atoms with Crippen LogP contribution in [0.3, 0.4) is 0 Å². The first-order valence-electron chi connectivity index (χ1n) is 14.3. The molecule has 1 aliphatic rings. The fraction of sp³-hybridized carbons (Fsp3) is 0.257. The summed E-state index contributed by atoms with van der Waals surface area (Å²) in [6.07, 6.45) is 9.24. The fourth-order valence-electron chi connectivity index (χ4n) is 6.19. The lowest BCUT2D eigenvalue weighted by molar-refractivity contribution is 0.184. The van der Waals surface area contributed by atoms with Gasteiger partial charge in [0.15, 0.2) is 0 Å². The Bertz CT molecular complexity index is 1610. The van der Waals surface area contributed by atoms with Gasteiger partial charge in [0, 0.05) is 18.2 Å². The van der Waals surface area contributed by atoms with E-state index in [1.807, 2.05) is 30.3 Å². The zero-order valence-corrected chi connectivity index (χ0v) is 25.2. The van der Waals surface area contributed by atoms with Gasteiger partial charge in [0.25, 0.3) is 8.32 Å². The molecule has 5 aromatic rings. The van der Waals surface area contributed by atoms with Crippen LogP contribution in [0.25, 0.3) is 11.0 Å². The Kier molecular flexibility index (Phi) is 7.14. The quantitative estimate of drug-likeness (QED) is 0.148. The number of fused-ring (bicyclic) bond motifs is 1. The number of hydrogen-bond acceptors (Lipinski definition) is 4. The molecular formula is C35H37N3O2Si. The smallest absolute Gasteiger partial charge is 0.261 e. The predicted molar refractivity (Wildman–Crippen MR) is 169 cm³/mol. The van der Waals surface area contributed by atoms with Crippen LogP contribution >= 0.6 is 0 Å². The molecule has 6 heteroatoms. The number of benzene rings is 3. The SMILES string of the molecule is CC(C)(C)[Si](OC[C@]1(C)C=C[C@H](n2ccc3c(Oc4ccccc4)ncnc32)C1)(c1ccccc1)c1ccccc1. The van der Waals surface area contributed by atoms with Crippen molar-refractivity contribution in [2.24, 2.45) is 5.41 Å². The third-order valence-corrected chi connectivity index (χ3v) is 13.2. The molecule has 208 valence electrons. The second kappa shape index (κ2) is 10.8. The van der Waals surface area contributed by atoms with Crippen LogP contribution in [0.15, 0.2) is 122 Å². The van der Waals surface area contributed by atoms with Crippen molar-refractivity contribution in [1.29, 1.82) is 0 Å². The molecule has 0 bridgehead atoms. The van der Waals surface area contributed by atoms with Crippen molar-refractivity contribution >= 4 is 29.7 Å². The first-order chi connectivity index (χ1) is 19.8. The number of rotatable bonds is 8. The van der Waals surface area contributed by atoms with Crippen LogP contribution in [0.2, 0.25) is 5.04 Å². The van der Waals surface area contributed by atoms with E-state index in [9.17, 15) is 0 Å². The predicted octanol–water partition coefficient (Wildman–Crippen LogP) is 7.31. The van der Waals surface area contributed by atoms with Gasteiger partial charge in [0.1, 0.15) is 17.7 Å². The largest absolute Gasteiger partial charge is 0.438 e. The molecule has 0 saturated carbocycles. The topological polar surface area (TPSA) is 49.2 Å². The summed E-state index contributed by atoms with van der Waals surface area (Å²) in [5, 5.41) is 3.46. The van der Waals surface area contributed by atoms with Gasteiger partial charge in [-0.15, -0.1) is 0 Å². The van der Waals surface area contributed by atoms with E-state index in [2.05, 4.69) is 127 Å². The molecule has 2 atom stereocenters. The Balaban J connectivity index is 1.27. The molecular weight excluding hydrogens is 522 g/mol. The summed E-state index contributed by atoms with van der Waals surface area (Å²) in [7, 11) is -2.62. The van der Waals surface area contributed by atoms with E-state index in [1.54, 1.807) is 6.33 Å². The van der Waals surface area contributed by atoms with Crippen molar-refractivity contribution in [3.8, 4) is 11.6 Å². The van der Waals surface area contributed by atoms with Crippen LogP contribution in [-0.4, -0.2) is 29.5 Å². The molecule has 3 aromatic carbocycles. The van der Waals surface area contributed by atoms with Gasteiger partial charge in [-0.1, -0.05) is 119 Å². The lowest BCUT2D eigenvalue weighted by Gasteiger charge is -2.44. The summed E-state index contributed by atoms with van der Waals surface area (Å²) in [4.78, 5) is 9.07. The molecule has 0 radical (unpaired) electrons. The van der Waals surface area contributed by atoms with Gasteiger partial charge >= 0.3 is 0 Å². The first kappa shape index (κ1) is 27.2. The zero-order valence-electron chi connectivity index (χ0n) is 24.2. The minimum Gasteiger partial charge on any atom is -0.438 e. The van der Waals surface area contributed by atoms with Crippen LogP contribution in [0, 0.1) is 5.41 Å². The molecule has 0 saturated heterocycles. The number of allylic oxidation sites excluding steroid dienone is 1. The summed E-state index contributed by atoms with van der Waals surface area (Å²) in [5.74, 6) is 1.33. The Morgan fingerprint density at radius 2 is 1.46 bits per heavy atom. The van der Waals surface area contributed by atoms with E-state index in [0.29, 0.717) is 12.5 Å². The van der Waals surface area contributed by atoms with E-state index >= 15 is 0 Å². The number of ether oxygens (including phenoxy) is 1. The van der Waals surface area contributed by atoms with Crippen molar-refractivity contribution in [3.63, 3.8) is 0 Å². The standard InChI is InChI=1S/C35H37N3O2Si/c1-34(2,3)41(29-16-10-6-11-17-29,30-18-12-7-13-19-30)39-25-35(4)22-20-27(24-35)38-23-21-31-32(38)36-26-37-33(31)40-28-14-8-5-9-15-28/h5-23,26-27H,24-25H2,1-4H3/t27-,35+/m0/s1. The lowest BCUT2D eigenvalue weighted by atomic mass is 9.90. The number of aromatic nitrogens is 3. The highest BCUT2D eigenvalue weighted by Crippen LogP contribution is 2.43. The highest BCUT2D eigenvalue weighted by molar-refractivity contribution is 6.99. The minimum absolute atomic E-state index is 0.0590. The van der Waals surface area contributed by atoms with Crippen molar-refractivity contribution in [2.45, 2.75) is 45.2 Å². The minimum atomic E-state index is -2.62. The maximum absolute atomic E-state index is 7.32. The zero-order chi connectivity index (χ0) is 28.5. The summed E-state index contributed by atoms with van der Waals surface area (Å²) < 4.78 is 15.7. The normalized spacial score (nSPS) is 19.1. The Morgan fingerprint density at radius 3 is 2.07 bits per heavy atom. The van der Waals surface area contributed by atoms with Gasteiger partial charge in [-0.3, -0.25) is 0 Å². The van der Waals surface area contributed by atoms with Gasteiger partial charge in [0.05, 0.1) is 11.4 Å². The van der Waals surface area contributed by atoms with E-state index in [1.165, 1.54) is 10.4 Å². The van der Waals surface area contributed by atoms with Gasteiger partial charge in [-0.25, -0.2) is 9.97 Å². The number of nitrogens with zero attached hydrogens (tertiary/aromatic N) is 3. The van der Waals surface area contributed by atoms with Crippen LogP contribution < -0.4 is 15.1 Å². The van der Waals surface area contributed by atoms with E-state index in [-0.39, 0.29) is 16.5 Å². The molecule has 6 rings (SSSR count). The van der Waals surface area contributed by atoms with Crippen LogP contribution in [0.1, 0.15) is 40.2 Å². The monoisotopic (exact) mass is 559 g/mol. The van der Waals surface area contributed by atoms with Crippen molar-refractivity contribution in [1.82, 2.24) is 14.5 Å². The van der Waals surface area contributed by atoms with E-state index in [4.69, 9.17) is 9.16 Å². The first-order valence-corrected chi connectivity index (χ1v) is 16.2. The van der Waals surface area contributed by atoms with Crippen molar-refractivity contribution in [3.05, 3.63) is 122 Å². The average Bonchev–Trinajstić information content (AvgIpc) is 3.59. The van der Waals surface area contributed by atoms with Crippen LogP contribution in [0.4, 0.5) is 0 Å². The van der Waals surface area contributed by atoms with Crippen molar-refractivity contribution in [2.75, 3.05) is 6.61 Å². The highest BCUT2D eigenvalue weighted by Gasteiger charge is 2.51. The molecule has 1 aliphatic carbocycles. The van der Waals surface area contributed by atoms with Gasteiger partial charge in [-0.2, -0.15) is 0 Å². The average molecular weight is 560 g/mol. The van der Waals surface area contributed by atoms with Crippen LogP contribution in [0.5, 0.6) is 11.6 Å². The maximum Gasteiger partial charge on any atom is 0.261 e. The Hall–Kier alpha value is -4.00. The Morgan fingerprint density at radius 1 is 0.854 bits per heavy atom. The van der Waals surface area contributed by atoms with E-state index in [0.717, 1.165) is 23.2 Å². The molecule has 41 heavy (non-hydrogen) atoms. The molecule has 0 aliphatic heterocycles. The lowest BCUT2D eigenvalue weighted by Crippen LogP contribution is -2.67. The molecule has 0 amide bonds. The summed E-state index contributed by atoms with van der Waals surface area (Å²) in [6.45, 7) is 9.94. The molecule has 5 nitrogen and oxygen atoms in total. The molecule has 2 aromatic heterocycles. The van der Waals surface area contributed by atoms with E-state index < -0.39 is 8.32 Å². The fourth-order valence-corrected chi connectivity index (χ4v) is 10.9. The number of hydrogen-bond donors (Lipinski definition) is 0. The molecule has 0 spiro atoms. The molecule has 0 unspecified atom stereocenters. The van der Waals surface area contributed by atoms with Gasteiger partial charge < -0.3 is 13.7 Å². The highest BCUT2D eigenvalue weighted by atomic mass is 28.4. The second-order valence-electron chi connectivity index (χ2n) is 12.3. The molecule has 0 fully saturated rings. The van der Waals surface area contributed by atoms with Crippen molar-refractivity contribution < 1.29 is 9.16 Å². The van der Waals surface area contributed by atoms with Gasteiger partial charge in [0.2, 0.25) is 5.88 Å². The summed E-state index contributed by atoms with van der Waals surface area (Å²) >= 11 is 0. The Labute approximate surface area is 243 Å². The summed E-state index contributed by atoms with van der Waals surface area (Å²) in [5.41, 5.74) is 0.753. The molecule has 0 N–H and O–H groups in total. The third-order valence-electron chi connectivity index (χ3n) is 8.22. The van der Waals surface area contributed by atoms with Crippen LogP contribution in [-0.2, 0) is 4.43 Å². The third kappa shape index (κ3) is 5.14. The van der Waals surface area contributed by atoms with Gasteiger partial charge in [-0.05, 0) is 40.0 Å². The summed E-state index contributed by atoms with van der Waals surface area (Å²) in [6, 6.07) is 33.7. The second-order valence-corrected chi connectivity index (χ2v) is 16.6.